The summed E-state index contributed by atoms with van der Waals surface area (Å²) in [5.74, 6) is 0.147. The maximum absolute atomic E-state index is 13.0. The molecule has 0 saturated carbocycles. The first-order chi connectivity index (χ1) is 28.4. The minimum atomic E-state index is -0.107. The minimum absolute atomic E-state index is 0.0580. The fourth-order valence-corrected chi connectivity index (χ4v) is 7.79. The van der Waals surface area contributed by atoms with E-state index in [4.69, 9.17) is 21.7 Å². The van der Waals surface area contributed by atoms with E-state index in [0.717, 1.165) is 123 Å². The van der Waals surface area contributed by atoms with Gasteiger partial charge >= 0.3 is 12.1 Å². The maximum Gasteiger partial charge on any atom is 0.409 e. The fraction of sp³-hybridized carbons (Fsp3) is 0.939. The van der Waals surface area contributed by atoms with Gasteiger partial charge in [0.1, 0.15) is 0 Å². The molecule has 8 nitrogen and oxygen atoms in total. The molecule has 58 heavy (non-hydrogen) atoms. The standard InChI is InChI=1S/C49H98N4O4S/c1-6-10-14-18-20-27-37-46(36-26-16-12-8-3)47(54)56-44-34-24-22-29-39-52(41-33-28-38-51-48(58)50-5)40-30-23-25-35-45-57-49(55)53(42-31-17-13-9-4)43-32-21-19-15-11-7-2/h46H,6-45H2,1-5H3,(H2,50,51,58). The van der Waals surface area contributed by atoms with Gasteiger partial charge in [-0.1, -0.05) is 169 Å². The Hall–Kier alpha value is -1.61. The lowest BCUT2D eigenvalue weighted by molar-refractivity contribution is -0.149. The van der Waals surface area contributed by atoms with Crippen LogP contribution in [-0.4, -0.2) is 86.5 Å². The second kappa shape index (κ2) is 44.9. The Bertz CT molecular complexity index is 852. The van der Waals surface area contributed by atoms with E-state index in [9.17, 15) is 9.59 Å². The molecule has 0 saturated heterocycles. The van der Waals surface area contributed by atoms with Gasteiger partial charge < -0.3 is 29.9 Å². The Morgan fingerprint density at radius 3 is 1.36 bits per heavy atom. The van der Waals surface area contributed by atoms with E-state index in [1.54, 1.807) is 0 Å². The van der Waals surface area contributed by atoms with Crippen molar-refractivity contribution in [2.75, 3.05) is 59.5 Å². The molecule has 344 valence electrons. The normalized spacial score (nSPS) is 11.8. The second-order valence-corrected chi connectivity index (χ2v) is 17.5. The van der Waals surface area contributed by atoms with Crippen LogP contribution in [0.15, 0.2) is 0 Å². The third-order valence-corrected chi connectivity index (χ3v) is 11.9. The molecule has 0 aliphatic rings. The number of hydrogen-bond acceptors (Lipinski definition) is 6. The summed E-state index contributed by atoms with van der Waals surface area (Å²) in [6, 6.07) is 0. The van der Waals surface area contributed by atoms with Gasteiger partial charge in [0.15, 0.2) is 5.11 Å². The van der Waals surface area contributed by atoms with E-state index in [1.165, 1.54) is 122 Å². The molecule has 0 aromatic carbocycles. The quantitative estimate of drug-likeness (QED) is 0.0357. The van der Waals surface area contributed by atoms with Crippen LogP contribution in [0.3, 0.4) is 0 Å². The molecule has 0 rings (SSSR count). The van der Waals surface area contributed by atoms with Crippen LogP contribution in [-0.2, 0) is 14.3 Å². The third kappa shape index (κ3) is 37.4. The van der Waals surface area contributed by atoms with E-state index in [-0.39, 0.29) is 18.0 Å². The summed E-state index contributed by atoms with van der Waals surface area (Å²) < 4.78 is 11.6. The highest BCUT2D eigenvalue weighted by molar-refractivity contribution is 7.80. The summed E-state index contributed by atoms with van der Waals surface area (Å²) in [6.45, 7) is 16.0. The van der Waals surface area contributed by atoms with Gasteiger partial charge in [-0.15, -0.1) is 0 Å². The molecule has 2 N–H and O–H groups in total. The molecule has 0 bridgehead atoms. The smallest absolute Gasteiger partial charge is 0.409 e. The zero-order valence-electron chi connectivity index (χ0n) is 39.3. The summed E-state index contributed by atoms with van der Waals surface area (Å²) in [6.07, 6.45) is 37.5. The number of carbonyl (C=O) groups excluding carboxylic acids is 2. The summed E-state index contributed by atoms with van der Waals surface area (Å²) in [7, 11) is 1.86. The summed E-state index contributed by atoms with van der Waals surface area (Å²) in [5.41, 5.74) is 0. The summed E-state index contributed by atoms with van der Waals surface area (Å²) >= 11 is 5.24. The van der Waals surface area contributed by atoms with Crippen molar-refractivity contribution >= 4 is 29.4 Å². The highest BCUT2D eigenvalue weighted by Gasteiger charge is 2.19. The van der Waals surface area contributed by atoms with Gasteiger partial charge in [0.05, 0.1) is 19.1 Å². The number of esters is 1. The van der Waals surface area contributed by atoms with Crippen LogP contribution in [0.25, 0.3) is 0 Å². The van der Waals surface area contributed by atoms with Gasteiger partial charge in [-0.3, -0.25) is 4.79 Å². The zero-order chi connectivity index (χ0) is 42.6. The van der Waals surface area contributed by atoms with Crippen LogP contribution in [0.5, 0.6) is 0 Å². The predicted molar refractivity (Wildman–Crippen MR) is 254 cm³/mol. The largest absolute Gasteiger partial charge is 0.465 e. The molecule has 0 aliphatic heterocycles. The van der Waals surface area contributed by atoms with Crippen molar-refractivity contribution in [3.63, 3.8) is 0 Å². The van der Waals surface area contributed by atoms with Crippen LogP contribution in [0.4, 0.5) is 4.79 Å². The molecule has 0 aromatic rings. The highest BCUT2D eigenvalue weighted by atomic mass is 32.1. The van der Waals surface area contributed by atoms with Gasteiger partial charge in [0.25, 0.3) is 0 Å². The number of nitrogens with zero attached hydrogens (tertiary/aromatic N) is 2. The van der Waals surface area contributed by atoms with Crippen LogP contribution in [0, 0.1) is 5.92 Å². The van der Waals surface area contributed by atoms with E-state index in [1.807, 2.05) is 11.9 Å². The van der Waals surface area contributed by atoms with E-state index >= 15 is 0 Å². The zero-order valence-corrected chi connectivity index (χ0v) is 40.1. The van der Waals surface area contributed by atoms with Gasteiger partial charge in [0.2, 0.25) is 0 Å². The SMILES string of the molecule is CCCCCCCCC(CCCCCC)C(=O)OCCCCCCN(CCCCCCOC(=O)N(CCCCCC)CCCCCCCC)CCCCNC(=S)NC. The number of thiocarbonyl (C=S) groups is 1. The van der Waals surface area contributed by atoms with Crippen LogP contribution >= 0.6 is 12.2 Å². The molecule has 1 unspecified atom stereocenters. The van der Waals surface area contributed by atoms with Crippen LogP contribution in [0.2, 0.25) is 0 Å². The lowest BCUT2D eigenvalue weighted by Gasteiger charge is -2.23. The van der Waals surface area contributed by atoms with Gasteiger partial charge in [-0.2, -0.15) is 0 Å². The molecule has 0 aromatic heterocycles. The first kappa shape index (κ1) is 56.4. The summed E-state index contributed by atoms with van der Waals surface area (Å²) in [4.78, 5) is 30.6. The predicted octanol–water partition coefficient (Wildman–Crippen LogP) is 13.5. The van der Waals surface area contributed by atoms with E-state index in [0.29, 0.717) is 18.3 Å². The van der Waals surface area contributed by atoms with Crippen LogP contribution in [0.1, 0.15) is 233 Å². The van der Waals surface area contributed by atoms with Crippen molar-refractivity contribution in [3.8, 4) is 0 Å². The van der Waals surface area contributed by atoms with Crippen molar-refractivity contribution in [2.45, 2.75) is 233 Å². The average molecular weight is 839 g/mol. The van der Waals surface area contributed by atoms with E-state index < -0.39 is 0 Å². The first-order valence-electron chi connectivity index (χ1n) is 25.2. The lowest BCUT2D eigenvalue weighted by atomic mass is 9.94. The minimum Gasteiger partial charge on any atom is -0.465 e. The molecule has 0 heterocycles. The molecule has 1 atom stereocenters. The number of unbranched alkanes of at least 4 members (excludes halogenated alkanes) is 23. The number of amides is 1. The number of rotatable bonds is 44. The molecular weight excluding hydrogens is 741 g/mol. The van der Waals surface area contributed by atoms with Crippen LogP contribution < -0.4 is 10.6 Å². The Balaban J connectivity index is 4.60. The van der Waals surface area contributed by atoms with Gasteiger partial charge in [-0.25, -0.2) is 4.79 Å². The topological polar surface area (TPSA) is 83.1 Å². The molecule has 0 radical (unpaired) electrons. The van der Waals surface area contributed by atoms with Gasteiger partial charge in [0, 0.05) is 26.7 Å². The third-order valence-electron chi connectivity index (χ3n) is 11.6. The molecule has 1 amide bonds. The molecule has 9 heteroatoms. The van der Waals surface area contributed by atoms with E-state index in [2.05, 4.69) is 43.2 Å². The average Bonchev–Trinajstić information content (AvgIpc) is 3.23. The number of carbonyl (C=O) groups is 2. The number of ether oxygens (including phenoxy) is 2. The lowest BCUT2D eigenvalue weighted by Crippen LogP contribution is -2.33. The molecular formula is C49H98N4O4S. The van der Waals surface area contributed by atoms with Crippen molar-refractivity contribution in [1.82, 2.24) is 20.4 Å². The van der Waals surface area contributed by atoms with Gasteiger partial charge in [-0.05, 0) is 96.1 Å². The molecule has 0 spiro atoms. The van der Waals surface area contributed by atoms with Crippen molar-refractivity contribution in [3.05, 3.63) is 0 Å². The number of hydrogen-bond donors (Lipinski definition) is 2. The van der Waals surface area contributed by atoms with Crippen molar-refractivity contribution < 1.29 is 19.1 Å². The van der Waals surface area contributed by atoms with Crippen molar-refractivity contribution in [2.24, 2.45) is 5.92 Å². The molecule has 0 fully saturated rings. The van der Waals surface area contributed by atoms with Crippen molar-refractivity contribution in [1.29, 1.82) is 0 Å². The molecule has 0 aliphatic carbocycles. The Labute approximate surface area is 366 Å². The Kier molecular flexibility index (Phi) is 43.7. The number of nitrogens with one attached hydrogen (secondary N) is 2. The highest BCUT2D eigenvalue weighted by Crippen LogP contribution is 2.21. The Morgan fingerprint density at radius 2 is 0.862 bits per heavy atom. The first-order valence-corrected chi connectivity index (χ1v) is 25.6. The maximum atomic E-state index is 13.0. The monoisotopic (exact) mass is 839 g/mol. The fourth-order valence-electron chi connectivity index (χ4n) is 7.68. The second-order valence-electron chi connectivity index (χ2n) is 17.1. The Morgan fingerprint density at radius 1 is 0.483 bits per heavy atom. The summed E-state index contributed by atoms with van der Waals surface area (Å²) in [5, 5.41) is 6.98.